The molecule has 1 atom stereocenters. The quantitative estimate of drug-likeness (QED) is 0.820. The van der Waals surface area contributed by atoms with Gasteiger partial charge in [0.05, 0.1) is 17.9 Å². The van der Waals surface area contributed by atoms with Gasteiger partial charge in [0.2, 0.25) is 5.91 Å². The van der Waals surface area contributed by atoms with E-state index in [1.807, 2.05) is 6.92 Å². The summed E-state index contributed by atoms with van der Waals surface area (Å²) in [6, 6.07) is -0.272. The number of carboxylic acid groups (broad SMARTS) is 1. The fraction of sp³-hybridized carbons (Fsp3) is 0.417. The van der Waals surface area contributed by atoms with Gasteiger partial charge in [-0.05, 0) is 20.8 Å². The fourth-order valence-corrected chi connectivity index (χ4v) is 2.09. The van der Waals surface area contributed by atoms with Crippen molar-refractivity contribution in [1.29, 1.82) is 0 Å². The van der Waals surface area contributed by atoms with E-state index in [-0.39, 0.29) is 24.2 Å². The first-order valence-corrected chi connectivity index (χ1v) is 6.24. The lowest BCUT2D eigenvalue weighted by Crippen LogP contribution is -2.30. The normalized spacial score (nSPS) is 12.1. The maximum Gasteiger partial charge on any atom is 0.358 e. The topological polar surface area (TPSA) is 123 Å². The minimum Gasteiger partial charge on any atom is -0.476 e. The van der Waals surface area contributed by atoms with Crippen LogP contribution in [0.5, 0.6) is 0 Å². The van der Waals surface area contributed by atoms with Crippen LogP contribution in [-0.4, -0.2) is 37.1 Å². The Morgan fingerprint density at radius 2 is 2.19 bits per heavy atom. The van der Waals surface area contributed by atoms with E-state index < -0.39 is 5.97 Å². The molecule has 112 valence electrons. The maximum atomic E-state index is 11.9. The first-order valence-electron chi connectivity index (χ1n) is 6.24. The summed E-state index contributed by atoms with van der Waals surface area (Å²) in [6.45, 7) is 5.27. The lowest BCUT2D eigenvalue weighted by Gasteiger charge is -2.13. The Morgan fingerprint density at radius 1 is 1.48 bits per heavy atom. The van der Waals surface area contributed by atoms with Crippen LogP contribution in [0.1, 0.15) is 40.5 Å². The minimum atomic E-state index is -1.19. The van der Waals surface area contributed by atoms with Gasteiger partial charge in [-0.1, -0.05) is 10.4 Å². The van der Waals surface area contributed by atoms with Gasteiger partial charge in [0.15, 0.2) is 5.69 Å². The third-order valence-corrected chi connectivity index (χ3v) is 2.96. The van der Waals surface area contributed by atoms with E-state index in [4.69, 9.17) is 9.63 Å². The van der Waals surface area contributed by atoms with E-state index >= 15 is 0 Å². The standard InChI is InChI=1S/C12H15N5O4/c1-6(11-7(2)15-21-8(11)3)13-10(18)5-17-4-9(12(19)20)14-16-17/h4,6H,5H2,1-3H3,(H,13,18)(H,19,20). The maximum absolute atomic E-state index is 11.9. The zero-order valence-electron chi connectivity index (χ0n) is 11.8. The van der Waals surface area contributed by atoms with E-state index in [0.29, 0.717) is 11.5 Å². The lowest BCUT2D eigenvalue weighted by molar-refractivity contribution is -0.122. The molecule has 2 heterocycles. The smallest absolute Gasteiger partial charge is 0.358 e. The van der Waals surface area contributed by atoms with E-state index in [2.05, 4.69) is 20.8 Å². The molecule has 0 fully saturated rings. The number of aryl methyl sites for hydroxylation is 2. The molecule has 2 aromatic heterocycles. The van der Waals surface area contributed by atoms with Crippen LogP contribution in [0, 0.1) is 13.8 Å². The number of aromatic carboxylic acids is 1. The van der Waals surface area contributed by atoms with Crippen molar-refractivity contribution in [1.82, 2.24) is 25.5 Å². The zero-order valence-corrected chi connectivity index (χ0v) is 11.8. The molecule has 0 aliphatic rings. The number of rotatable bonds is 5. The van der Waals surface area contributed by atoms with Gasteiger partial charge in [0.25, 0.3) is 0 Å². The summed E-state index contributed by atoms with van der Waals surface area (Å²) in [5.41, 5.74) is 1.34. The molecular formula is C12H15N5O4. The largest absolute Gasteiger partial charge is 0.476 e. The number of nitrogens with zero attached hydrogens (tertiary/aromatic N) is 4. The van der Waals surface area contributed by atoms with E-state index in [1.165, 1.54) is 10.9 Å². The molecule has 2 aromatic rings. The SMILES string of the molecule is Cc1noc(C)c1C(C)NC(=O)Cn1cc(C(=O)O)nn1. The van der Waals surface area contributed by atoms with Crippen molar-refractivity contribution in [3.05, 3.63) is 28.9 Å². The molecule has 2 N–H and O–H groups in total. The van der Waals surface area contributed by atoms with E-state index in [0.717, 1.165) is 5.56 Å². The third-order valence-electron chi connectivity index (χ3n) is 2.96. The second-order valence-electron chi connectivity index (χ2n) is 4.63. The number of hydrogen-bond acceptors (Lipinski definition) is 6. The second kappa shape index (κ2) is 5.73. The van der Waals surface area contributed by atoms with Crippen LogP contribution in [0.3, 0.4) is 0 Å². The average Bonchev–Trinajstić information content (AvgIpc) is 2.96. The molecule has 0 aromatic carbocycles. The number of carbonyl (C=O) groups excluding carboxylic acids is 1. The summed E-state index contributed by atoms with van der Waals surface area (Å²) in [5.74, 6) is -0.857. The Kier molecular flexibility index (Phi) is 4.01. The second-order valence-corrected chi connectivity index (χ2v) is 4.63. The highest BCUT2D eigenvalue weighted by atomic mass is 16.5. The summed E-state index contributed by atoms with van der Waals surface area (Å²) < 4.78 is 6.22. The molecule has 0 aliphatic carbocycles. The molecule has 9 heteroatoms. The van der Waals surface area contributed by atoms with Gasteiger partial charge in [0.1, 0.15) is 12.3 Å². The number of carboxylic acids is 1. The Morgan fingerprint density at radius 3 is 2.71 bits per heavy atom. The molecule has 21 heavy (non-hydrogen) atoms. The van der Waals surface area contributed by atoms with Gasteiger partial charge in [-0.3, -0.25) is 4.79 Å². The van der Waals surface area contributed by atoms with Crippen LogP contribution >= 0.6 is 0 Å². The highest BCUT2D eigenvalue weighted by Crippen LogP contribution is 2.20. The molecule has 0 bridgehead atoms. The van der Waals surface area contributed by atoms with Gasteiger partial charge in [-0.2, -0.15) is 0 Å². The number of amides is 1. The molecule has 9 nitrogen and oxygen atoms in total. The number of nitrogens with one attached hydrogen (secondary N) is 1. The number of aromatic nitrogens is 4. The molecule has 0 aliphatic heterocycles. The number of hydrogen-bond donors (Lipinski definition) is 2. The summed E-state index contributed by atoms with van der Waals surface area (Å²) >= 11 is 0. The van der Waals surface area contributed by atoms with Crippen LogP contribution in [0.4, 0.5) is 0 Å². The van der Waals surface area contributed by atoms with E-state index in [9.17, 15) is 9.59 Å². The van der Waals surface area contributed by atoms with Crippen molar-refractivity contribution in [3.8, 4) is 0 Å². The third kappa shape index (κ3) is 3.25. The summed E-state index contributed by atoms with van der Waals surface area (Å²) in [7, 11) is 0. The van der Waals surface area contributed by atoms with Crippen LogP contribution in [0.15, 0.2) is 10.7 Å². The molecule has 1 amide bonds. The van der Waals surface area contributed by atoms with Crippen molar-refractivity contribution in [2.24, 2.45) is 0 Å². The summed E-state index contributed by atoms with van der Waals surface area (Å²) in [6.07, 6.45) is 1.20. The van der Waals surface area contributed by atoms with Crippen molar-refractivity contribution in [3.63, 3.8) is 0 Å². The van der Waals surface area contributed by atoms with Crippen LogP contribution < -0.4 is 5.32 Å². The summed E-state index contributed by atoms with van der Waals surface area (Å²) in [4.78, 5) is 22.6. The zero-order chi connectivity index (χ0) is 15.6. The van der Waals surface area contributed by atoms with Crippen LogP contribution in [-0.2, 0) is 11.3 Å². The van der Waals surface area contributed by atoms with Crippen molar-refractivity contribution >= 4 is 11.9 Å². The monoisotopic (exact) mass is 293 g/mol. The molecule has 0 saturated carbocycles. The molecule has 0 saturated heterocycles. The first-order chi connectivity index (χ1) is 9.88. The Labute approximate surface area is 119 Å². The molecule has 1 unspecified atom stereocenters. The molecule has 0 spiro atoms. The predicted octanol–water partition coefficient (Wildman–Crippen LogP) is 0.459. The summed E-state index contributed by atoms with van der Waals surface area (Å²) in [5, 5.41) is 22.3. The van der Waals surface area contributed by atoms with Crippen molar-refractivity contribution in [2.75, 3.05) is 0 Å². The van der Waals surface area contributed by atoms with Gasteiger partial charge in [0, 0.05) is 5.56 Å². The van der Waals surface area contributed by atoms with Gasteiger partial charge >= 0.3 is 5.97 Å². The molecule has 0 radical (unpaired) electrons. The Balaban J connectivity index is 1.99. The minimum absolute atomic E-state index is 0.117. The van der Waals surface area contributed by atoms with E-state index in [1.54, 1.807) is 13.8 Å². The average molecular weight is 293 g/mol. The fourth-order valence-electron chi connectivity index (χ4n) is 2.09. The first kappa shape index (κ1) is 14.7. The van der Waals surface area contributed by atoms with Gasteiger partial charge in [-0.15, -0.1) is 5.10 Å². The highest BCUT2D eigenvalue weighted by Gasteiger charge is 2.19. The lowest BCUT2D eigenvalue weighted by atomic mass is 10.1. The van der Waals surface area contributed by atoms with Crippen molar-refractivity contribution < 1.29 is 19.2 Å². The number of carbonyl (C=O) groups is 2. The predicted molar refractivity (Wildman–Crippen MR) is 69.5 cm³/mol. The van der Waals surface area contributed by atoms with Gasteiger partial charge in [-0.25, -0.2) is 9.48 Å². The van der Waals surface area contributed by atoms with Crippen molar-refractivity contribution in [2.45, 2.75) is 33.4 Å². The molecule has 2 rings (SSSR count). The Bertz CT molecular complexity index is 655. The Hall–Kier alpha value is -2.71. The van der Waals surface area contributed by atoms with Crippen LogP contribution in [0.2, 0.25) is 0 Å². The molecular weight excluding hydrogens is 278 g/mol. The van der Waals surface area contributed by atoms with Crippen LogP contribution in [0.25, 0.3) is 0 Å². The highest BCUT2D eigenvalue weighted by molar-refractivity contribution is 5.84. The van der Waals surface area contributed by atoms with Gasteiger partial charge < -0.3 is 14.9 Å².